The predicted molar refractivity (Wildman–Crippen MR) is 139 cm³/mol. The number of hydrogen-bond acceptors (Lipinski definition) is 7. The first-order chi connectivity index (χ1) is 18.1. The van der Waals surface area contributed by atoms with Crippen LogP contribution in [0, 0.1) is 28.1 Å². The van der Waals surface area contributed by atoms with Crippen LogP contribution in [0.1, 0.15) is 41.4 Å². The lowest BCUT2D eigenvalue weighted by Crippen LogP contribution is -2.44. The van der Waals surface area contributed by atoms with E-state index in [2.05, 4.69) is 17.1 Å². The summed E-state index contributed by atoms with van der Waals surface area (Å²) in [5, 5.41) is 21.3. The van der Waals surface area contributed by atoms with Crippen LogP contribution in [0.15, 0.2) is 72.9 Å². The Morgan fingerprint density at radius 2 is 1.78 bits per heavy atom. The van der Waals surface area contributed by atoms with Crippen molar-refractivity contribution in [2.24, 2.45) is 5.41 Å². The quantitative estimate of drug-likeness (QED) is 0.422. The number of hydrogen-bond donors (Lipinski definition) is 0. The summed E-state index contributed by atoms with van der Waals surface area (Å²) in [5.74, 6) is 0.123. The molecule has 7 heteroatoms. The highest BCUT2D eigenvalue weighted by atomic mass is 16.5. The summed E-state index contributed by atoms with van der Waals surface area (Å²) in [6.45, 7) is 4.62. The number of rotatable bonds is 7. The lowest BCUT2D eigenvalue weighted by molar-refractivity contribution is 0.0950. The fraction of sp³-hybridized carbons (Fsp3) is 0.267. The molecule has 1 fully saturated rings. The molecule has 0 unspecified atom stereocenters. The van der Waals surface area contributed by atoms with E-state index >= 15 is 0 Å². The minimum absolute atomic E-state index is 0.176. The number of anilines is 1. The van der Waals surface area contributed by atoms with Crippen LogP contribution < -0.4 is 14.4 Å². The second-order valence-corrected chi connectivity index (χ2v) is 8.93. The van der Waals surface area contributed by atoms with Gasteiger partial charge in [-0.15, -0.1) is 0 Å². The van der Waals surface area contributed by atoms with Crippen molar-refractivity contribution in [1.29, 1.82) is 10.5 Å². The fourth-order valence-corrected chi connectivity index (χ4v) is 5.54. The van der Waals surface area contributed by atoms with Crippen molar-refractivity contribution in [3.63, 3.8) is 0 Å². The van der Waals surface area contributed by atoms with Gasteiger partial charge in [-0.1, -0.05) is 42.5 Å². The van der Waals surface area contributed by atoms with Crippen LogP contribution in [-0.2, 0) is 0 Å². The number of Topliss-reactive ketones (excluding diaryl/α,β-unsaturated/α-hetero) is 1. The van der Waals surface area contributed by atoms with Crippen molar-refractivity contribution in [2.45, 2.75) is 31.8 Å². The van der Waals surface area contributed by atoms with Crippen molar-refractivity contribution in [3.05, 3.63) is 89.8 Å². The third kappa shape index (κ3) is 3.80. The Morgan fingerprint density at radius 1 is 1.03 bits per heavy atom. The molecule has 5 rings (SSSR count). The van der Waals surface area contributed by atoms with Gasteiger partial charge in [0.15, 0.2) is 11.2 Å². The molecule has 0 bridgehead atoms. The van der Waals surface area contributed by atoms with Gasteiger partial charge in [-0.25, -0.2) is 0 Å². The molecular formula is C30H26N4O3. The molecule has 2 aliphatic heterocycles. The van der Waals surface area contributed by atoms with Crippen LogP contribution >= 0.6 is 0 Å². The lowest BCUT2D eigenvalue weighted by Gasteiger charge is -2.34. The van der Waals surface area contributed by atoms with Gasteiger partial charge in [-0.3, -0.25) is 9.78 Å². The molecule has 3 aromatic rings. The average Bonchev–Trinajstić information content (AvgIpc) is 3.24. The fourth-order valence-electron chi connectivity index (χ4n) is 5.54. The van der Waals surface area contributed by atoms with Gasteiger partial charge in [0.1, 0.15) is 17.5 Å². The first kappa shape index (κ1) is 24.1. The molecule has 2 aliphatic rings. The van der Waals surface area contributed by atoms with Crippen LogP contribution in [0.25, 0.3) is 6.08 Å². The summed E-state index contributed by atoms with van der Waals surface area (Å²) < 4.78 is 11.7. The van der Waals surface area contributed by atoms with Crippen molar-refractivity contribution in [3.8, 4) is 23.6 Å². The van der Waals surface area contributed by atoms with E-state index in [1.54, 1.807) is 36.5 Å². The molecule has 3 heterocycles. The number of aromatic nitrogens is 1. The normalized spacial score (nSPS) is 20.8. The Balaban J connectivity index is 1.79. The minimum Gasteiger partial charge on any atom is -0.494 e. The number of ketones is 1. The average molecular weight is 491 g/mol. The number of fused-ring (bicyclic) bond motifs is 3. The molecule has 0 N–H and O–H groups in total. The second-order valence-electron chi connectivity index (χ2n) is 8.93. The largest absolute Gasteiger partial charge is 0.494 e. The van der Waals surface area contributed by atoms with Gasteiger partial charge in [-0.2, -0.15) is 10.5 Å². The topological polar surface area (TPSA) is 99.2 Å². The van der Waals surface area contributed by atoms with Gasteiger partial charge in [0.05, 0.1) is 42.8 Å². The first-order valence-corrected chi connectivity index (χ1v) is 12.3. The van der Waals surface area contributed by atoms with E-state index in [1.807, 2.05) is 61.2 Å². The van der Waals surface area contributed by atoms with Crippen LogP contribution in [0.2, 0.25) is 0 Å². The SMILES string of the molecule is CCOc1ccc([C@H]2[C@H](C(=O)c3ccccc3)N3c4cccnc4C=C[C@H]3C2(C#N)C#N)c(OCC)c1. The molecular weight excluding hydrogens is 464 g/mol. The molecule has 184 valence electrons. The smallest absolute Gasteiger partial charge is 0.185 e. The van der Waals surface area contributed by atoms with E-state index in [4.69, 9.17) is 9.47 Å². The van der Waals surface area contributed by atoms with Gasteiger partial charge >= 0.3 is 0 Å². The molecule has 3 atom stereocenters. The van der Waals surface area contributed by atoms with E-state index in [-0.39, 0.29) is 5.78 Å². The highest BCUT2D eigenvalue weighted by Crippen LogP contribution is 2.57. The third-order valence-corrected chi connectivity index (χ3v) is 7.03. The highest BCUT2D eigenvalue weighted by Gasteiger charge is 2.64. The number of benzene rings is 2. The van der Waals surface area contributed by atoms with Crippen molar-refractivity contribution in [2.75, 3.05) is 18.1 Å². The van der Waals surface area contributed by atoms with Crippen LogP contribution in [-0.4, -0.2) is 36.1 Å². The Hall–Kier alpha value is -4.62. The van der Waals surface area contributed by atoms with Crippen molar-refractivity contribution < 1.29 is 14.3 Å². The molecule has 2 aromatic carbocycles. The number of nitrogens with zero attached hydrogens (tertiary/aromatic N) is 4. The summed E-state index contributed by atoms with van der Waals surface area (Å²) in [5.41, 5.74) is 0.957. The number of carbonyl (C=O) groups is 1. The van der Waals surface area contributed by atoms with E-state index in [1.165, 1.54) is 0 Å². The molecule has 0 saturated carbocycles. The van der Waals surface area contributed by atoms with Gasteiger partial charge in [-0.05, 0) is 38.1 Å². The van der Waals surface area contributed by atoms with E-state index < -0.39 is 23.4 Å². The Morgan fingerprint density at radius 3 is 2.49 bits per heavy atom. The molecule has 0 spiro atoms. The summed E-state index contributed by atoms with van der Waals surface area (Å²) in [6.07, 6.45) is 5.34. The number of pyridine rings is 1. The molecule has 0 amide bonds. The maximum absolute atomic E-state index is 14.3. The van der Waals surface area contributed by atoms with Gasteiger partial charge < -0.3 is 14.4 Å². The molecule has 0 aliphatic carbocycles. The van der Waals surface area contributed by atoms with Crippen LogP contribution in [0.5, 0.6) is 11.5 Å². The first-order valence-electron chi connectivity index (χ1n) is 12.3. The zero-order chi connectivity index (χ0) is 26.0. The van der Waals surface area contributed by atoms with Crippen LogP contribution in [0.4, 0.5) is 5.69 Å². The Labute approximate surface area is 216 Å². The maximum Gasteiger partial charge on any atom is 0.185 e. The minimum atomic E-state index is -1.57. The van der Waals surface area contributed by atoms with Gasteiger partial charge in [0.25, 0.3) is 0 Å². The molecule has 1 saturated heterocycles. The van der Waals surface area contributed by atoms with Crippen LogP contribution in [0.3, 0.4) is 0 Å². The summed E-state index contributed by atoms with van der Waals surface area (Å²) in [7, 11) is 0. The molecule has 1 aromatic heterocycles. The van der Waals surface area contributed by atoms with Gasteiger partial charge in [0.2, 0.25) is 0 Å². The standard InChI is InChI=1S/C30H26N4O3/c1-3-36-21-12-13-22(25(17-21)37-4-2)27-28(29(35)20-9-6-5-7-10-20)34-24-11-8-16-33-23(24)14-15-26(34)30(27,18-31)19-32/h5-17,26-28H,3-4H2,1-2H3/t26-,27-,28+/m0/s1. The maximum atomic E-state index is 14.3. The summed E-state index contributed by atoms with van der Waals surface area (Å²) >= 11 is 0. The summed E-state index contributed by atoms with van der Waals surface area (Å²) in [6, 6.07) is 21.2. The molecule has 7 nitrogen and oxygen atoms in total. The predicted octanol–water partition coefficient (Wildman–Crippen LogP) is 5.16. The molecule has 37 heavy (non-hydrogen) atoms. The number of nitriles is 2. The lowest BCUT2D eigenvalue weighted by atomic mass is 9.69. The number of carbonyl (C=O) groups excluding carboxylic acids is 1. The summed E-state index contributed by atoms with van der Waals surface area (Å²) in [4.78, 5) is 20.7. The number of ether oxygens (including phenoxy) is 2. The van der Waals surface area contributed by atoms with E-state index in [9.17, 15) is 15.3 Å². The second kappa shape index (κ2) is 9.79. The van der Waals surface area contributed by atoms with E-state index in [0.717, 1.165) is 0 Å². The van der Waals surface area contributed by atoms with Crippen molar-refractivity contribution >= 4 is 17.5 Å². The van der Waals surface area contributed by atoms with Crippen molar-refractivity contribution in [1.82, 2.24) is 4.98 Å². The van der Waals surface area contributed by atoms with Gasteiger partial charge in [0, 0.05) is 29.3 Å². The Bertz CT molecular complexity index is 1420. The monoisotopic (exact) mass is 490 g/mol. The van der Waals surface area contributed by atoms with E-state index in [0.29, 0.717) is 47.2 Å². The Kier molecular flexibility index (Phi) is 6.38. The zero-order valence-electron chi connectivity index (χ0n) is 20.7. The molecule has 0 radical (unpaired) electrons. The highest BCUT2D eigenvalue weighted by molar-refractivity contribution is 6.04. The third-order valence-electron chi connectivity index (χ3n) is 7.03. The zero-order valence-corrected chi connectivity index (χ0v) is 20.7.